The molecule has 0 aliphatic heterocycles. The zero-order chi connectivity index (χ0) is 16.4. The number of nitrogens with one attached hydrogen (secondary N) is 1. The molecule has 0 saturated carbocycles. The molecule has 0 unspecified atom stereocenters. The van der Waals surface area contributed by atoms with Gasteiger partial charge >= 0.3 is 5.97 Å². The van der Waals surface area contributed by atoms with E-state index < -0.39 is 0 Å². The first-order valence-corrected chi connectivity index (χ1v) is 8.28. The highest BCUT2D eigenvalue weighted by molar-refractivity contribution is 7.99. The number of aryl methyl sites for hydroxylation is 2. The average molecular weight is 331 g/mol. The van der Waals surface area contributed by atoms with Gasteiger partial charge < -0.3 is 14.1 Å². The summed E-state index contributed by atoms with van der Waals surface area (Å²) in [6, 6.07) is 5.97. The summed E-state index contributed by atoms with van der Waals surface area (Å²) in [6.45, 7) is 6.26. The van der Waals surface area contributed by atoms with Gasteiger partial charge in [-0.25, -0.2) is 0 Å². The molecule has 120 valence electrons. The maximum absolute atomic E-state index is 11.3. The Hall–Kier alpha value is -2.28. The van der Waals surface area contributed by atoms with Crippen LogP contribution in [0.5, 0.6) is 0 Å². The zero-order valence-electron chi connectivity index (χ0n) is 13.2. The highest BCUT2D eigenvalue weighted by Crippen LogP contribution is 2.28. The third-order valence-corrected chi connectivity index (χ3v) is 4.37. The molecule has 7 heteroatoms. The number of aromatic nitrogens is 3. The molecule has 1 N–H and O–H groups in total. The molecule has 0 radical (unpaired) electrons. The van der Waals surface area contributed by atoms with E-state index in [-0.39, 0.29) is 11.7 Å². The molecule has 1 aromatic carbocycles. The predicted octanol–water partition coefficient (Wildman–Crippen LogP) is 3.49. The number of fused-ring (bicyclic) bond motifs is 1. The number of rotatable bonds is 5. The molecule has 3 aromatic rings. The molecule has 0 atom stereocenters. The molecular weight excluding hydrogens is 314 g/mol. The fraction of sp³-hybridized carbons (Fsp3) is 0.312. The van der Waals surface area contributed by atoms with Gasteiger partial charge in [0, 0.05) is 22.2 Å². The van der Waals surface area contributed by atoms with Crippen LogP contribution in [0.15, 0.2) is 27.8 Å². The number of H-pyrrole nitrogens is 1. The molecular formula is C16H17N3O3S. The minimum Gasteiger partial charge on any atom is -0.465 e. The van der Waals surface area contributed by atoms with Crippen molar-refractivity contribution in [1.82, 2.24) is 15.2 Å². The van der Waals surface area contributed by atoms with Crippen LogP contribution in [0.25, 0.3) is 22.4 Å². The Labute approximate surface area is 137 Å². The summed E-state index contributed by atoms with van der Waals surface area (Å²) in [4.78, 5) is 14.7. The van der Waals surface area contributed by atoms with Crippen LogP contribution < -0.4 is 0 Å². The smallest absolute Gasteiger partial charge is 0.316 e. The van der Waals surface area contributed by atoms with E-state index in [1.807, 2.05) is 25.1 Å². The summed E-state index contributed by atoms with van der Waals surface area (Å²) in [7, 11) is 0. The monoisotopic (exact) mass is 331 g/mol. The maximum Gasteiger partial charge on any atom is 0.316 e. The maximum atomic E-state index is 11.3. The van der Waals surface area contributed by atoms with Gasteiger partial charge in [-0.3, -0.25) is 4.79 Å². The summed E-state index contributed by atoms with van der Waals surface area (Å²) < 4.78 is 10.5. The van der Waals surface area contributed by atoms with Gasteiger partial charge in [0.25, 0.3) is 5.22 Å². The Kier molecular flexibility index (Phi) is 4.38. The van der Waals surface area contributed by atoms with Crippen molar-refractivity contribution in [2.45, 2.75) is 26.0 Å². The third-order valence-electron chi connectivity index (χ3n) is 3.58. The van der Waals surface area contributed by atoms with E-state index >= 15 is 0 Å². The van der Waals surface area contributed by atoms with E-state index in [2.05, 4.69) is 22.1 Å². The van der Waals surface area contributed by atoms with Crippen molar-refractivity contribution < 1.29 is 13.9 Å². The number of ether oxygens (including phenoxy) is 1. The van der Waals surface area contributed by atoms with Gasteiger partial charge in [0.2, 0.25) is 5.89 Å². The molecule has 0 aliphatic carbocycles. The van der Waals surface area contributed by atoms with Crippen molar-refractivity contribution in [1.29, 1.82) is 0 Å². The lowest BCUT2D eigenvalue weighted by Crippen LogP contribution is -2.06. The molecule has 2 aromatic heterocycles. The lowest BCUT2D eigenvalue weighted by atomic mass is 10.1. The average Bonchev–Trinajstić information content (AvgIpc) is 3.11. The molecule has 2 heterocycles. The first-order valence-electron chi connectivity index (χ1n) is 7.29. The minimum absolute atomic E-state index is 0.157. The predicted molar refractivity (Wildman–Crippen MR) is 88.4 cm³/mol. The van der Waals surface area contributed by atoms with Crippen molar-refractivity contribution in [3.05, 3.63) is 29.5 Å². The van der Waals surface area contributed by atoms with Crippen LogP contribution in [0, 0.1) is 13.8 Å². The van der Waals surface area contributed by atoms with E-state index in [9.17, 15) is 4.79 Å². The van der Waals surface area contributed by atoms with E-state index in [0.717, 1.165) is 22.2 Å². The van der Waals surface area contributed by atoms with Crippen LogP contribution >= 0.6 is 11.8 Å². The van der Waals surface area contributed by atoms with E-state index in [1.54, 1.807) is 6.92 Å². The highest BCUT2D eigenvalue weighted by Gasteiger charge is 2.13. The van der Waals surface area contributed by atoms with Crippen LogP contribution in [0.4, 0.5) is 0 Å². The van der Waals surface area contributed by atoms with Gasteiger partial charge in [-0.15, -0.1) is 10.2 Å². The largest absolute Gasteiger partial charge is 0.465 e. The van der Waals surface area contributed by atoms with Crippen molar-refractivity contribution in [3.8, 4) is 11.5 Å². The Morgan fingerprint density at radius 1 is 1.35 bits per heavy atom. The Bertz CT molecular complexity index is 853. The Balaban J connectivity index is 1.80. The van der Waals surface area contributed by atoms with Gasteiger partial charge in [-0.05, 0) is 44.5 Å². The number of benzene rings is 1. The summed E-state index contributed by atoms with van der Waals surface area (Å²) >= 11 is 1.17. The topological polar surface area (TPSA) is 81.0 Å². The standard InChI is InChI=1S/C16H17N3O3S/c1-4-21-14(20)8-23-16-19-18-15(22-16)11-5-6-13-12(7-11)9(2)10(3)17-13/h5-7,17H,4,8H2,1-3H3. The number of carbonyl (C=O) groups excluding carboxylic acids is 1. The second-order valence-electron chi connectivity index (χ2n) is 5.10. The zero-order valence-corrected chi connectivity index (χ0v) is 14.0. The van der Waals surface area contributed by atoms with Crippen LogP contribution in [0.2, 0.25) is 0 Å². The molecule has 0 fully saturated rings. The molecule has 23 heavy (non-hydrogen) atoms. The highest BCUT2D eigenvalue weighted by atomic mass is 32.2. The fourth-order valence-electron chi connectivity index (χ4n) is 2.30. The number of hydrogen-bond acceptors (Lipinski definition) is 6. The van der Waals surface area contributed by atoms with Crippen molar-refractivity contribution in [2.75, 3.05) is 12.4 Å². The van der Waals surface area contributed by atoms with Crippen LogP contribution in [0.3, 0.4) is 0 Å². The van der Waals surface area contributed by atoms with Gasteiger partial charge in [0.1, 0.15) is 5.75 Å². The van der Waals surface area contributed by atoms with Crippen LogP contribution in [0.1, 0.15) is 18.2 Å². The molecule has 6 nitrogen and oxygen atoms in total. The number of thioether (sulfide) groups is 1. The van der Waals surface area contributed by atoms with Crippen LogP contribution in [-0.2, 0) is 9.53 Å². The minimum atomic E-state index is -0.294. The Morgan fingerprint density at radius 2 is 2.17 bits per heavy atom. The van der Waals surface area contributed by atoms with Crippen molar-refractivity contribution >= 4 is 28.6 Å². The molecule has 0 spiro atoms. The number of nitrogens with zero attached hydrogens (tertiary/aromatic N) is 2. The van der Waals surface area contributed by atoms with E-state index in [0.29, 0.717) is 17.7 Å². The number of aromatic amines is 1. The van der Waals surface area contributed by atoms with Gasteiger partial charge in [0.05, 0.1) is 6.61 Å². The van der Waals surface area contributed by atoms with Crippen molar-refractivity contribution in [2.24, 2.45) is 0 Å². The van der Waals surface area contributed by atoms with Gasteiger partial charge in [0.15, 0.2) is 0 Å². The van der Waals surface area contributed by atoms with Gasteiger partial charge in [-0.1, -0.05) is 11.8 Å². The molecule has 0 amide bonds. The molecule has 0 saturated heterocycles. The summed E-state index contributed by atoms with van der Waals surface area (Å²) in [5.41, 5.74) is 4.29. The third kappa shape index (κ3) is 3.24. The van der Waals surface area contributed by atoms with E-state index in [4.69, 9.17) is 9.15 Å². The summed E-state index contributed by atoms with van der Waals surface area (Å²) in [5, 5.41) is 9.51. The summed E-state index contributed by atoms with van der Waals surface area (Å²) in [5.74, 6) is 0.304. The molecule has 0 bridgehead atoms. The second-order valence-corrected chi connectivity index (χ2v) is 6.03. The normalized spacial score (nSPS) is 11.1. The van der Waals surface area contributed by atoms with Crippen molar-refractivity contribution in [3.63, 3.8) is 0 Å². The van der Waals surface area contributed by atoms with E-state index in [1.165, 1.54) is 17.3 Å². The number of hydrogen-bond donors (Lipinski definition) is 1. The SMILES string of the molecule is CCOC(=O)CSc1nnc(-c2ccc3[nH]c(C)c(C)c3c2)o1. The fourth-order valence-corrected chi connectivity index (χ4v) is 2.86. The molecule has 0 aliphatic rings. The first-order chi connectivity index (χ1) is 11.1. The quantitative estimate of drug-likeness (QED) is 0.569. The van der Waals surface area contributed by atoms with Gasteiger partial charge in [-0.2, -0.15) is 0 Å². The lowest BCUT2D eigenvalue weighted by molar-refractivity contribution is -0.139. The number of carbonyl (C=O) groups is 1. The molecule has 3 rings (SSSR count). The summed E-state index contributed by atoms with van der Waals surface area (Å²) in [6.07, 6.45) is 0. The van der Waals surface area contributed by atoms with Crippen LogP contribution in [-0.4, -0.2) is 33.5 Å². The lowest BCUT2D eigenvalue weighted by Gasteiger charge is -1.98. The number of esters is 1. The second kappa shape index (κ2) is 6.45. The first kappa shape index (κ1) is 15.6. The Morgan fingerprint density at radius 3 is 2.96 bits per heavy atom.